The molecule has 1 N–H and O–H groups in total. The molecule has 0 amide bonds. The van der Waals surface area contributed by atoms with Gasteiger partial charge in [0.05, 0.1) is 0 Å². The van der Waals surface area contributed by atoms with Crippen molar-refractivity contribution in [3.05, 3.63) is 56.8 Å². The summed E-state index contributed by atoms with van der Waals surface area (Å²) in [4.78, 5) is 58.6. The van der Waals surface area contributed by atoms with Crippen molar-refractivity contribution < 1.29 is 14.7 Å². The first-order valence-corrected chi connectivity index (χ1v) is 5.30. The third-order valence-corrected chi connectivity index (χ3v) is 2.34. The van der Waals surface area contributed by atoms with Gasteiger partial charge >= 0.3 is 17.1 Å². The highest BCUT2D eigenvalue weighted by molar-refractivity contribution is 5.91. The molecule has 1 aromatic rings. The van der Waals surface area contributed by atoms with Crippen LogP contribution in [0.2, 0.25) is 0 Å². The van der Waals surface area contributed by atoms with Crippen LogP contribution < -0.4 is 17.1 Å². The maximum Gasteiger partial charge on any atom is 0.350 e. The van der Waals surface area contributed by atoms with Gasteiger partial charge in [-0.2, -0.15) is 9.13 Å². The summed E-state index contributed by atoms with van der Waals surface area (Å²) < 4.78 is 0.217. The Kier molecular flexibility index (Phi) is 4.15. The van der Waals surface area contributed by atoms with Crippen LogP contribution in [0.3, 0.4) is 0 Å². The molecule has 20 heavy (non-hydrogen) atoms. The van der Waals surface area contributed by atoms with Gasteiger partial charge in [-0.15, -0.1) is 0 Å². The molecule has 0 saturated carbocycles. The van der Waals surface area contributed by atoms with Crippen LogP contribution in [-0.2, 0) is 0 Å². The van der Waals surface area contributed by atoms with Crippen molar-refractivity contribution in [2.24, 2.45) is 0 Å². The third-order valence-electron chi connectivity index (χ3n) is 2.34. The van der Waals surface area contributed by atoms with Crippen LogP contribution in [0, 0.1) is 0 Å². The predicted molar refractivity (Wildman–Crippen MR) is 67.8 cm³/mol. The van der Waals surface area contributed by atoms with E-state index in [-0.39, 0.29) is 13.7 Å². The van der Waals surface area contributed by atoms with E-state index < -0.39 is 35.1 Å². The van der Waals surface area contributed by atoms with Gasteiger partial charge in [-0.3, -0.25) is 9.59 Å². The number of rotatable bonds is 3. The van der Waals surface area contributed by atoms with Crippen LogP contribution in [0.15, 0.2) is 39.7 Å². The van der Waals surface area contributed by atoms with E-state index >= 15 is 0 Å². The van der Waals surface area contributed by atoms with Crippen LogP contribution in [0.1, 0.15) is 22.7 Å². The number of carbonyl (C=O) groups excluding carboxylic acids is 2. The number of hydrogen-bond donors (Lipinski definition) is 1. The van der Waals surface area contributed by atoms with E-state index in [1.54, 1.807) is 0 Å². The van der Waals surface area contributed by atoms with Crippen molar-refractivity contribution in [1.29, 1.82) is 0 Å². The molecule has 0 spiro atoms. The van der Waals surface area contributed by atoms with Gasteiger partial charge < -0.3 is 5.11 Å². The molecule has 0 radical (unpaired) electrons. The van der Waals surface area contributed by atoms with Crippen LogP contribution in [0.5, 0.6) is 0 Å². The molecule has 9 nitrogen and oxygen atoms in total. The van der Waals surface area contributed by atoms with Crippen LogP contribution in [0.4, 0.5) is 0 Å². The monoisotopic (exact) mass is 281 g/mol. The molecule has 1 unspecified atom stereocenters. The smallest absolute Gasteiger partial charge is 0.350 e. The van der Waals surface area contributed by atoms with Gasteiger partial charge in [0.15, 0.2) is 0 Å². The molecule has 0 aliphatic carbocycles. The molecule has 1 atom stereocenters. The Morgan fingerprint density at radius 1 is 1.00 bits per heavy atom. The summed E-state index contributed by atoms with van der Waals surface area (Å²) in [6.07, 6.45) is -0.339. The molecule has 1 aromatic heterocycles. The summed E-state index contributed by atoms with van der Waals surface area (Å²) in [6, 6.07) is 0. The van der Waals surface area contributed by atoms with E-state index in [2.05, 4.69) is 13.2 Å². The molecular formula is C11H11N3O6. The molecule has 0 aromatic carbocycles. The highest BCUT2D eigenvalue weighted by Crippen LogP contribution is 1.89. The second-order valence-corrected chi connectivity index (χ2v) is 3.61. The van der Waals surface area contributed by atoms with E-state index in [0.717, 1.165) is 6.92 Å². The molecule has 1 heterocycles. The number of aliphatic hydroxyl groups is 1. The number of nitrogens with zero attached hydrogens (tertiary/aromatic N) is 3. The number of aliphatic hydroxyl groups excluding tert-OH is 1. The molecule has 0 fully saturated rings. The molecule has 0 aliphatic rings. The van der Waals surface area contributed by atoms with Crippen molar-refractivity contribution in [2.75, 3.05) is 0 Å². The lowest BCUT2D eigenvalue weighted by molar-refractivity contribution is 0.0869. The molecule has 0 aliphatic heterocycles. The summed E-state index contributed by atoms with van der Waals surface area (Å²) in [7, 11) is 0. The Morgan fingerprint density at radius 2 is 1.35 bits per heavy atom. The number of aromatic nitrogens is 3. The van der Waals surface area contributed by atoms with Gasteiger partial charge in [0.1, 0.15) is 6.23 Å². The van der Waals surface area contributed by atoms with Crippen LogP contribution >= 0.6 is 0 Å². The maximum absolute atomic E-state index is 11.9. The quantitative estimate of drug-likeness (QED) is 0.662. The second kappa shape index (κ2) is 5.45. The summed E-state index contributed by atoms with van der Waals surface area (Å²) in [6.45, 7) is 7.25. The van der Waals surface area contributed by atoms with Gasteiger partial charge in [0.2, 0.25) is 0 Å². The zero-order chi connectivity index (χ0) is 15.6. The Morgan fingerprint density at radius 3 is 1.60 bits per heavy atom. The van der Waals surface area contributed by atoms with Crippen molar-refractivity contribution in [1.82, 2.24) is 13.7 Å². The fraction of sp³-hybridized carbons (Fsp3) is 0.182. The molecule has 9 heteroatoms. The topological polar surface area (TPSA) is 120 Å². The van der Waals surface area contributed by atoms with E-state index in [0.29, 0.717) is 12.2 Å². The first kappa shape index (κ1) is 15.2. The highest BCUT2D eigenvalue weighted by Gasteiger charge is 2.23. The van der Waals surface area contributed by atoms with Gasteiger partial charge in [-0.1, -0.05) is 13.2 Å². The lowest BCUT2D eigenvalue weighted by Gasteiger charge is -2.12. The standard InChI is InChI=1S/C11H11N3O6/c1-4-7(16)13-9(18)12(6(3)15)10(19)14(11(13)20)8(17)5-2/h4-6,15H,1-2H2,3H3. The van der Waals surface area contributed by atoms with Crippen molar-refractivity contribution >= 4 is 11.8 Å². The van der Waals surface area contributed by atoms with Gasteiger partial charge in [0.25, 0.3) is 11.8 Å². The summed E-state index contributed by atoms with van der Waals surface area (Å²) in [5.74, 6) is -2.28. The first-order chi connectivity index (χ1) is 9.27. The van der Waals surface area contributed by atoms with E-state index in [9.17, 15) is 29.1 Å². The predicted octanol–water partition coefficient (Wildman–Crippen LogP) is -1.67. The summed E-state index contributed by atoms with van der Waals surface area (Å²) in [5, 5.41) is 9.39. The minimum Gasteiger partial charge on any atom is -0.373 e. The molecule has 1 rings (SSSR count). The minimum absolute atomic E-state index is 0.0164. The summed E-state index contributed by atoms with van der Waals surface area (Å²) in [5.41, 5.74) is -4.19. The minimum atomic E-state index is -1.65. The SMILES string of the molecule is C=CC(=O)n1c(=O)n(C(=O)C=C)c(=O)n(C(C)O)c1=O. The Hall–Kier alpha value is -2.81. The number of hydrogen-bond acceptors (Lipinski definition) is 6. The highest BCUT2D eigenvalue weighted by atomic mass is 16.3. The lowest BCUT2D eigenvalue weighted by Crippen LogP contribution is -2.58. The molecular weight excluding hydrogens is 270 g/mol. The number of allylic oxidation sites excluding steroid dienone is 2. The van der Waals surface area contributed by atoms with Crippen LogP contribution in [0.25, 0.3) is 0 Å². The fourth-order valence-electron chi connectivity index (χ4n) is 1.44. The molecule has 0 saturated heterocycles. The van der Waals surface area contributed by atoms with Crippen molar-refractivity contribution in [3.8, 4) is 0 Å². The summed E-state index contributed by atoms with van der Waals surface area (Å²) >= 11 is 0. The largest absolute Gasteiger partial charge is 0.373 e. The van der Waals surface area contributed by atoms with Gasteiger partial charge in [-0.05, 0) is 19.1 Å². The van der Waals surface area contributed by atoms with Gasteiger partial charge in [0, 0.05) is 0 Å². The Labute approximate surface area is 111 Å². The Balaban J connectivity index is 4.10. The molecule has 106 valence electrons. The zero-order valence-corrected chi connectivity index (χ0v) is 10.5. The normalized spacial score (nSPS) is 11.7. The van der Waals surface area contributed by atoms with Crippen LogP contribution in [-0.4, -0.2) is 30.6 Å². The average molecular weight is 281 g/mol. The van der Waals surface area contributed by atoms with E-state index in [1.807, 2.05) is 0 Å². The maximum atomic E-state index is 11.9. The first-order valence-electron chi connectivity index (χ1n) is 5.30. The van der Waals surface area contributed by atoms with E-state index in [1.165, 1.54) is 0 Å². The number of carbonyl (C=O) groups is 2. The Bertz CT molecular complexity index is 719. The third kappa shape index (κ3) is 2.21. The lowest BCUT2D eigenvalue weighted by atomic mass is 10.5. The van der Waals surface area contributed by atoms with Crippen molar-refractivity contribution in [3.63, 3.8) is 0 Å². The van der Waals surface area contributed by atoms with Gasteiger partial charge in [-0.25, -0.2) is 19.0 Å². The second-order valence-electron chi connectivity index (χ2n) is 3.61. The van der Waals surface area contributed by atoms with E-state index in [4.69, 9.17) is 0 Å². The zero-order valence-electron chi connectivity index (χ0n) is 10.5. The van der Waals surface area contributed by atoms with Crippen molar-refractivity contribution in [2.45, 2.75) is 13.2 Å². The average Bonchev–Trinajstić information content (AvgIpc) is 2.37. The fourth-order valence-corrected chi connectivity index (χ4v) is 1.44. The molecule has 0 bridgehead atoms.